The number of carbonyl (C=O) groups excluding carboxylic acids is 1. The zero-order valence-corrected chi connectivity index (χ0v) is 10.2. The van der Waals surface area contributed by atoms with Crippen LogP contribution in [-0.4, -0.2) is 54.0 Å². The van der Waals surface area contributed by atoms with E-state index in [1.807, 2.05) is 4.90 Å². The Labute approximate surface area is 97.8 Å². The Kier molecular flexibility index (Phi) is 3.82. The molecule has 1 aliphatic carbocycles. The van der Waals surface area contributed by atoms with Crippen molar-refractivity contribution in [3.05, 3.63) is 0 Å². The van der Waals surface area contributed by atoms with E-state index < -0.39 is 0 Å². The largest absolute Gasteiger partial charge is 0.339 e. The molecule has 1 atom stereocenters. The monoisotopic (exact) mass is 225 g/mol. The Balaban J connectivity index is 1.76. The normalized spacial score (nSPS) is 24.5. The molecule has 0 radical (unpaired) electrons. The van der Waals surface area contributed by atoms with E-state index >= 15 is 0 Å². The number of hydrogen-bond acceptors (Lipinski definition) is 3. The summed E-state index contributed by atoms with van der Waals surface area (Å²) in [5.74, 6) is 0.150. The highest BCUT2D eigenvalue weighted by atomic mass is 16.2. The summed E-state index contributed by atoms with van der Waals surface area (Å²) in [5, 5.41) is 0. The second kappa shape index (κ2) is 5.15. The molecule has 0 aromatic rings. The fraction of sp³-hybridized carbons (Fsp3) is 0.917. The average Bonchev–Trinajstić information content (AvgIpc) is 3.12. The van der Waals surface area contributed by atoms with Crippen LogP contribution in [0.2, 0.25) is 0 Å². The topological polar surface area (TPSA) is 49.6 Å². The van der Waals surface area contributed by atoms with Crippen LogP contribution in [0.15, 0.2) is 0 Å². The third-order valence-electron chi connectivity index (χ3n) is 3.61. The van der Waals surface area contributed by atoms with Gasteiger partial charge in [-0.05, 0) is 19.3 Å². The zero-order valence-electron chi connectivity index (χ0n) is 10.2. The first-order chi connectivity index (χ1) is 7.72. The van der Waals surface area contributed by atoms with E-state index in [0.717, 1.165) is 45.1 Å². The summed E-state index contributed by atoms with van der Waals surface area (Å²) in [6, 6.07) is 0.541. The summed E-state index contributed by atoms with van der Waals surface area (Å²) in [7, 11) is 0. The number of rotatable bonds is 4. The molecular weight excluding hydrogens is 202 g/mol. The lowest BCUT2D eigenvalue weighted by atomic mass is 10.1. The standard InChI is InChI=1S/C12H23N3O/c1-2-3-11(13)12(16)15-8-6-14(7-9-15)10-4-5-10/h10-11H,2-9,13H2,1H3. The van der Waals surface area contributed by atoms with E-state index in [9.17, 15) is 4.79 Å². The molecule has 2 aliphatic rings. The highest BCUT2D eigenvalue weighted by Gasteiger charge is 2.32. The van der Waals surface area contributed by atoms with Gasteiger partial charge in [-0.3, -0.25) is 9.69 Å². The molecule has 1 saturated heterocycles. The quantitative estimate of drug-likeness (QED) is 0.754. The van der Waals surface area contributed by atoms with Gasteiger partial charge in [-0.2, -0.15) is 0 Å². The molecule has 2 rings (SSSR count). The summed E-state index contributed by atoms with van der Waals surface area (Å²) >= 11 is 0. The number of piperazine rings is 1. The SMILES string of the molecule is CCCC(N)C(=O)N1CCN(C2CC2)CC1. The third-order valence-corrected chi connectivity index (χ3v) is 3.61. The summed E-state index contributed by atoms with van der Waals surface area (Å²) < 4.78 is 0. The maximum absolute atomic E-state index is 12.0. The second-order valence-electron chi connectivity index (χ2n) is 4.99. The van der Waals surface area contributed by atoms with E-state index in [1.54, 1.807) is 0 Å². The minimum atomic E-state index is -0.280. The Bertz CT molecular complexity index is 245. The Hall–Kier alpha value is -0.610. The molecule has 2 N–H and O–H groups in total. The first-order valence-electron chi connectivity index (χ1n) is 6.50. The van der Waals surface area contributed by atoms with E-state index in [0.29, 0.717) is 0 Å². The predicted molar refractivity (Wildman–Crippen MR) is 64.1 cm³/mol. The number of hydrogen-bond donors (Lipinski definition) is 1. The molecule has 0 bridgehead atoms. The first-order valence-corrected chi connectivity index (χ1v) is 6.50. The Morgan fingerprint density at radius 3 is 2.44 bits per heavy atom. The van der Waals surface area contributed by atoms with Crippen LogP contribution in [0.3, 0.4) is 0 Å². The van der Waals surface area contributed by atoms with Gasteiger partial charge < -0.3 is 10.6 Å². The van der Waals surface area contributed by atoms with Gasteiger partial charge in [0.15, 0.2) is 0 Å². The molecule has 1 heterocycles. The number of amides is 1. The summed E-state index contributed by atoms with van der Waals surface area (Å²) in [6.45, 7) is 5.88. The van der Waals surface area contributed by atoms with Crippen LogP contribution >= 0.6 is 0 Å². The summed E-state index contributed by atoms with van der Waals surface area (Å²) in [5.41, 5.74) is 5.86. The van der Waals surface area contributed by atoms with Gasteiger partial charge in [0, 0.05) is 32.2 Å². The highest BCUT2D eigenvalue weighted by molar-refractivity contribution is 5.81. The molecule has 2 fully saturated rings. The zero-order chi connectivity index (χ0) is 11.5. The fourth-order valence-corrected chi connectivity index (χ4v) is 2.42. The number of carbonyl (C=O) groups is 1. The maximum atomic E-state index is 12.0. The van der Waals surface area contributed by atoms with Crippen molar-refractivity contribution in [1.29, 1.82) is 0 Å². The Morgan fingerprint density at radius 2 is 1.94 bits per heavy atom. The molecule has 4 heteroatoms. The molecule has 1 saturated carbocycles. The molecule has 0 aromatic carbocycles. The van der Waals surface area contributed by atoms with E-state index in [-0.39, 0.29) is 11.9 Å². The van der Waals surface area contributed by atoms with Crippen LogP contribution in [0.5, 0.6) is 0 Å². The lowest BCUT2D eigenvalue weighted by Gasteiger charge is -2.36. The molecule has 16 heavy (non-hydrogen) atoms. The van der Waals surface area contributed by atoms with Crippen molar-refractivity contribution in [3.8, 4) is 0 Å². The molecule has 1 aliphatic heterocycles. The second-order valence-corrected chi connectivity index (χ2v) is 4.99. The average molecular weight is 225 g/mol. The van der Waals surface area contributed by atoms with Gasteiger partial charge in [0.2, 0.25) is 5.91 Å². The van der Waals surface area contributed by atoms with Crippen LogP contribution in [0.25, 0.3) is 0 Å². The van der Waals surface area contributed by atoms with Crippen molar-refractivity contribution >= 4 is 5.91 Å². The summed E-state index contributed by atoms with van der Waals surface area (Å²) in [6.07, 6.45) is 4.49. The summed E-state index contributed by atoms with van der Waals surface area (Å²) in [4.78, 5) is 16.4. The van der Waals surface area contributed by atoms with Crippen molar-refractivity contribution in [3.63, 3.8) is 0 Å². The highest BCUT2D eigenvalue weighted by Crippen LogP contribution is 2.27. The number of nitrogens with two attached hydrogens (primary N) is 1. The van der Waals surface area contributed by atoms with Gasteiger partial charge in [0.1, 0.15) is 0 Å². The smallest absolute Gasteiger partial charge is 0.239 e. The van der Waals surface area contributed by atoms with E-state index in [2.05, 4.69) is 11.8 Å². The first kappa shape index (κ1) is 11.9. The minimum Gasteiger partial charge on any atom is -0.339 e. The van der Waals surface area contributed by atoms with Gasteiger partial charge >= 0.3 is 0 Å². The van der Waals surface area contributed by atoms with Gasteiger partial charge in [0.25, 0.3) is 0 Å². The van der Waals surface area contributed by atoms with E-state index in [4.69, 9.17) is 5.73 Å². The van der Waals surface area contributed by atoms with Gasteiger partial charge in [0.05, 0.1) is 6.04 Å². The lowest BCUT2D eigenvalue weighted by Crippen LogP contribution is -2.53. The van der Waals surface area contributed by atoms with Crippen molar-refractivity contribution in [2.75, 3.05) is 26.2 Å². The fourth-order valence-electron chi connectivity index (χ4n) is 2.42. The molecule has 1 unspecified atom stereocenters. The third kappa shape index (κ3) is 2.74. The Morgan fingerprint density at radius 1 is 1.31 bits per heavy atom. The molecule has 0 aromatic heterocycles. The molecule has 4 nitrogen and oxygen atoms in total. The molecule has 1 amide bonds. The van der Waals surface area contributed by atoms with E-state index in [1.165, 1.54) is 12.8 Å². The molecule has 0 spiro atoms. The van der Waals surface area contributed by atoms with Crippen molar-refractivity contribution in [2.24, 2.45) is 5.73 Å². The maximum Gasteiger partial charge on any atom is 0.239 e. The predicted octanol–water partition coefficient (Wildman–Crippen LogP) is 0.420. The van der Waals surface area contributed by atoms with Crippen LogP contribution in [-0.2, 0) is 4.79 Å². The lowest BCUT2D eigenvalue weighted by molar-refractivity contribution is -0.134. The molecular formula is C12H23N3O. The molecule has 92 valence electrons. The van der Waals surface area contributed by atoms with Crippen LogP contribution in [0, 0.1) is 0 Å². The number of nitrogens with zero attached hydrogens (tertiary/aromatic N) is 2. The van der Waals surface area contributed by atoms with Crippen LogP contribution < -0.4 is 5.73 Å². The van der Waals surface area contributed by atoms with Crippen molar-refractivity contribution < 1.29 is 4.79 Å². The minimum absolute atomic E-state index is 0.150. The van der Waals surface area contributed by atoms with Crippen LogP contribution in [0.4, 0.5) is 0 Å². The van der Waals surface area contributed by atoms with Gasteiger partial charge in [-0.25, -0.2) is 0 Å². The van der Waals surface area contributed by atoms with Gasteiger partial charge in [-0.1, -0.05) is 13.3 Å². The van der Waals surface area contributed by atoms with Crippen molar-refractivity contribution in [1.82, 2.24) is 9.80 Å². The van der Waals surface area contributed by atoms with Crippen LogP contribution in [0.1, 0.15) is 32.6 Å². The van der Waals surface area contributed by atoms with Crippen molar-refractivity contribution in [2.45, 2.75) is 44.7 Å². The van der Waals surface area contributed by atoms with Gasteiger partial charge in [-0.15, -0.1) is 0 Å².